The molecule has 0 radical (unpaired) electrons. The van der Waals surface area contributed by atoms with Gasteiger partial charge >= 0.3 is 0 Å². The van der Waals surface area contributed by atoms with E-state index in [9.17, 15) is 0 Å². The van der Waals surface area contributed by atoms with E-state index in [4.69, 9.17) is 14.6 Å². The third-order valence-corrected chi connectivity index (χ3v) is 12.2. The van der Waals surface area contributed by atoms with Gasteiger partial charge in [-0.25, -0.2) is 0 Å². The molecule has 0 spiro atoms. The first-order chi connectivity index (χ1) is 24.9. The van der Waals surface area contributed by atoms with Crippen molar-refractivity contribution in [3.8, 4) is 45.2 Å². The van der Waals surface area contributed by atoms with E-state index in [0.717, 1.165) is 36.8 Å². The molecule has 5 aromatic rings. The van der Waals surface area contributed by atoms with Gasteiger partial charge in [0, 0.05) is 22.0 Å². The molecule has 0 saturated carbocycles. The first-order valence-corrected chi connectivity index (χ1v) is 20.3. The lowest BCUT2D eigenvalue weighted by atomic mass is 9.70. The van der Waals surface area contributed by atoms with Crippen molar-refractivity contribution < 1.29 is 4.42 Å². The minimum absolute atomic E-state index is 0.0126. The van der Waals surface area contributed by atoms with Crippen LogP contribution in [0.1, 0.15) is 151 Å². The molecule has 0 aliphatic heterocycles. The summed E-state index contributed by atoms with van der Waals surface area (Å²) in [7, 11) is 0. The molecule has 2 aliphatic carbocycles. The molecule has 0 amide bonds. The fraction of sp³-hybridized carbons (Fsp3) is 0.458. The molecule has 0 N–H and O–H groups in total. The Morgan fingerprint density at radius 3 is 1.78 bits per heavy atom. The Morgan fingerprint density at radius 1 is 0.471 bits per heavy atom. The minimum atomic E-state index is 0.0126. The molecule has 4 aromatic carbocycles. The maximum absolute atomic E-state index is 6.77. The molecule has 2 aliphatic rings. The maximum Gasteiger partial charge on any atom is 0.248 e. The van der Waals surface area contributed by atoms with E-state index in [1.54, 1.807) is 0 Å². The highest BCUT2D eigenvalue weighted by Crippen LogP contribution is 2.58. The highest BCUT2D eigenvalue weighted by molar-refractivity contribution is 5.92. The van der Waals surface area contributed by atoms with Gasteiger partial charge in [0.05, 0.1) is 0 Å². The van der Waals surface area contributed by atoms with Crippen LogP contribution in [0.5, 0.6) is 0 Å². The molecule has 0 atom stereocenters. The lowest BCUT2D eigenvalue weighted by Gasteiger charge is -2.33. The van der Waals surface area contributed by atoms with E-state index in [2.05, 4.69) is 114 Å². The number of unbranched alkanes of at least 4 members (excludes halogenated alkanes) is 6. The molecular formula is C48H58N2O. The van der Waals surface area contributed by atoms with Gasteiger partial charge in [0.2, 0.25) is 11.8 Å². The van der Waals surface area contributed by atoms with Crippen molar-refractivity contribution in [3.05, 3.63) is 106 Å². The van der Waals surface area contributed by atoms with Gasteiger partial charge in [0.1, 0.15) is 0 Å². The number of rotatable bonds is 16. The minimum Gasteiger partial charge on any atom is -0.416 e. The van der Waals surface area contributed by atoms with Gasteiger partial charge in [-0.05, 0) is 108 Å². The van der Waals surface area contributed by atoms with Crippen LogP contribution in [0.4, 0.5) is 0 Å². The summed E-state index contributed by atoms with van der Waals surface area (Å²) in [6, 6.07) is 27.8. The third-order valence-electron chi connectivity index (χ3n) is 12.2. The van der Waals surface area contributed by atoms with E-state index in [1.165, 1.54) is 120 Å². The predicted molar refractivity (Wildman–Crippen MR) is 214 cm³/mol. The van der Waals surface area contributed by atoms with Crippen LogP contribution in [0.2, 0.25) is 0 Å². The molecule has 3 nitrogen and oxygen atoms in total. The van der Waals surface area contributed by atoms with Gasteiger partial charge in [-0.3, -0.25) is 0 Å². The summed E-state index contributed by atoms with van der Waals surface area (Å²) in [4.78, 5) is 0. The van der Waals surface area contributed by atoms with Crippen LogP contribution >= 0.6 is 0 Å². The summed E-state index contributed by atoms with van der Waals surface area (Å²) in [5, 5.41) is 9.58. The number of nitrogens with zero attached hydrogens (tertiary/aromatic N) is 2. The number of fused-ring (bicyclic) bond motifs is 6. The summed E-state index contributed by atoms with van der Waals surface area (Å²) in [6.07, 6.45) is 17.1. The van der Waals surface area contributed by atoms with Crippen molar-refractivity contribution in [2.24, 2.45) is 0 Å². The standard InChI is InChI=1S/C48H58N2O/c1-7-11-13-17-27-48(28-18-14-12-8-2)41-30-33(5)21-23-38(41)44-39(29-34(6)31-43(44)48)46-50-49-45(51-46)35-22-24-37-36-19-15-16-20-40(36)47(25-9-3,26-10-4)42(37)32-35/h15-16,19-24,29-32H,7-14,17-18,25-28H2,1-6H3. The largest absolute Gasteiger partial charge is 0.416 e. The molecule has 3 heteroatoms. The molecule has 0 bridgehead atoms. The summed E-state index contributed by atoms with van der Waals surface area (Å²) in [5.41, 5.74) is 16.0. The Bertz CT molecular complexity index is 1980. The quantitative estimate of drug-likeness (QED) is 0.0975. The summed E-state index contributed by atoms with van der Waals surface area (Å²) < 4.78 is 6.77. The summed E-state index contributed by atoms with van der Waals surface area (Å²) in [6.45, 7) is 13.8. The van der Waals surface area contributed by atoms with Gasteiger partial charge in [-0.1, -0.05) is 152 Å². The van der Waals surface area contributed by atoms with E-state index >= 15 is 0 Å². The van der Waals surface area contributed by atoms with Gasteiger partial charge in [0.25, 0.3) is 0 Å². The van der Waals surface area contributed by atoms with E-state index in [-0.39, 0.29) is 10.8 Å². The van der Waals surface area contributed by atoms with Crippen LogP contribution in [0, 0.1) is 13.8 Å². The summed E-state index contributed by atoms with van der Waals surface area (Å²) in [5.74, 6) is 1.23. The van der Waals surface area contributed by atoms with Gasteiger partial charge in [-0.15, -0.1) is 10.2 Å². The van der Waals surface area contributed by atoms with Crippen molar-refractivity contribution in [3.63, 3.8) is 0 Å². The average Bonchev–Trinajstić information content (AvgIpc) is 3.80. The molecular weight excluding hydrogens is 621 g/mol. The smallest absolute Gasteiger partial charge is 0.248 e. The van der Waals surface area contributed by atoms with Gasteiger partial charge < -0.3 is 4.42 Å². The highest BCUT2D eigenvalue weighted by atomic mass is 16.4. The number of hydrogen-bond donors (Lipinski definition) is 0. The second-order valence-corrected chi connectivity index (χ2v) is 15.8. The predicted octanol–water partition coefficient (Wildman–Crippen LogP) is 14.1. The average molecular weight is 679 g/mol. The van der Waals surface area contributed by atoms with Crippen molar-refractivity contribution in [2.75, 3.05) is 0 Å². The first-order valence-electron chi connectivity index (χ1n) is 20.3. The monoisotopic (exact) mass is 678 g/mol. The van der Waals surface area contributed by atoms with Gasteiger partial charge in [0.15, 0.2) is 0 Å². The zero-order valence-electron chi connectivity index (χ0n) is 32.1. The maximum atomic E-state index is 6.77. The Hall–Kier alpha value is -3.98. The van der Waals surface area contributed by atoms with Gasteiger partial charge in [-0.2, -0.15) is 0 Å². The van der Waals surface area contributed by atoms with Crippen LogP contribution < -0.4 is 0 Å². The van der Waals surface area contributed by atoms with Crippen molar-refractivity contribution in [2.45, 2.75) is 142 Å². The molecule has 266 valence electrons. The molecule has 1 aromatic heterocycles. The Kier molecular flexibility index (Phi) is 10.4. The second kappa shape index (κ2) is 14.9. The lowest BCUT2D eigenvalue weighted by Crippen LogP contribution is -2.26. The highest BCUT2D eigenvalue weighted by Gasteiger charge is 2.45. The molecule has 7 rings (SSSR count). The fourth-order valence-corrected chi connectivity index (χ4v) is 9.96. The van der Waals surface area contributed by atoms with Crippen LogP contribution in [0.3, 0.4) is 0 Å². The topological polar surface area (TPSA) is 38.9 Å². The van der Waals surface area contributed by atoms with Crippen molar-refractivity contribution >= 4 is 0 Å². The van der Waals surface area contributed by atoms with E-state index in [0.29, 0.717) is 11.8 Å². The van der Waals surface area contributed by atoms with Crippen LogP contribution in [0.25, 0.3) is 45.2 Å². The zero-order valence-corrected chi connectivity index (χ0v) is 32.1. The normalized spacial score (nSPS) is 14.7. The molecule has 0 saturated heterocycles. The Balaban J connectivity index is 1.33. The fourth-order valence-electron chi connectivity index (χ4n) is 9.96. The number of hydrogen-bond acceptors (Lipinski definition) is 3. The van der Waals surface area contributed by atoms with Crippen molar-refractivity contribution in [1.29, 1.82) is 0 Å². The summed E-state index contributed by atoms with van der Waals surface area (Å²) >= 11 is 0. The van der Waals surface area contributed by atoms with Crippen LogP contribution in [0.15, 0.2) is 77.2 Å². The Labute approximate surface area is 307 Å². The zero-order chi connectivity index (χ0) is 35.6. The molecule has 0 fully saturated rings. The molecule has 1 heterocycles. The molecule has 0 unspecified atom stereocenters. The SMILES string of the molecule is CCCCCCC1(CCCCCC)c2cc(C)ccc2-c2c(-c3nnc(-c4ccc5c(c4)C(CCC)(CCC)c4ccccc4-5)o3)cc(C)cc21. The lowest BCUT2D eigenvalue weighted by molar-refractivity contribution is 0.400. The third kappa shape index (κ3) is 6.19. The number of aryl methyl sites for hydroxylation is 2. The van der Waals surface area contributed by atoms with E-state index < -0.39 is 0 Å². The van der Waals surface area contributed by atoms with Crippen LogP contribution in [-0.2, 0) is 10.8 Å². The number of benzene rings is 4. The first kappa shape index (κ1) is 35.4. The molecule has 51 heavy (non-hydrogen) atoms. The Morgan fingerprint density at radius 2 is 1.08 bits per heavy atom. The van der Waals surface area contributed by atoms with Crippen LogP contribution in [-0.4, -0.2) is 10.2 Å². The number of aromatic nitrogens is 2. The van der Waals surface area contributed by atoms with E-state index in [1.807, 2.05) is 0 Å². The second-order valence-electron chi connectivity index (χ2n) is 15.8. The van der Waals surface area contributed by atoms with Crippen molar-refractivity contribution in [1.82, 2.24) is 10.2 Å².